The van der Waals surface area contributed by atoms with E-state index in [2.05, 4.69) is 23.9 Å². The molecule has 6 heteroatoms. The second kappa shape index (κ2) is 6.72. The minimum absolute atomic E-state index is 0.270. The molecule has 2 aromatic rings. The lowest BCUT2D eigenvalue weighted by Gasteiger charge is -2.15. The number of hydrogen-bond acceptors (Lipinski definition) is 3. The van der Waals surface area contributed by atoms with Crippen LogP contribution in [0.3, 0.4) is 0 Å². The van der Waals surface area contributed by atoms with Crippen molar-refractivity contribution in [1.82, 2.24) is 14.8 Å². The first-order valence-electron chi connectivity index (χ1n) is 6.83. The molecule has 1 aromatic heterocycles. The highest BCUT2D eigenvalue weighted by Crippen LogP contribution is 2.27. The van der Waals surface area contributed by atoms with Crippen LogP contribution in [0.1, 0.15) is 31.2 Å². The fourth-order valence-corrected chi connectivity index (χ4v) is 2.48. The van der Waals surface area contributed by atoms with E-state index in [1.165, 1.54) is 6.33 Å². The van der Waals surface area contributed by atoms with Gasteiger partial charge < -0.3 is 5.11 Å². The van der Waals surface area contributed by atoms with Gasteiger partial charge in [0.15, 0.2) is 0 Å². The number of carbonyl (C=O) groups is 1. The first kappa shape index (κ1) is 15.5. The monoisotopic (exact) mass is 307 g/mol. The Bertz CT molecular complexity index is 625. The van der Waals surface area contributed by atoms with Crippen molar-refractivity contribution < 1.29 is 9.90 Å². The van der Waals surface area contributed by atoms with Gasteiger partial charge in [-0.15, -0.1) is 0 Å². The maximum atomic E-state index is 11.6. The van der Waals surface area contributed by atoms with E-state index in [0.29, 0.717) is 28.9 Å². The molecule has 0 aliphatic heterocycles. The van der Waals surface area contributed by atoms with Crippen molar-refractivity contribution in [3.8, 4) is 0 Å². The van der Waals surface area contributed by atoms with Gasteiger partial charge in [0.2, 0.25) is 0 Å². The van der Waals surface area contributed by atoms with E-state index in [-0.39, 0.29) is 6.42 Å². The van der Waals surface area contributed by atoms with E-state index in [1.54, 1.807) is 28.9 Å². The molecule has 1 unspecified atom stereocenters. The Morgan fingerprint density at radius 2 is 2.10 bits per heavy atom. The molecule has 21 heavy (non-hydrogen) atoms. The molecular weight excluding hydrogens is 290 g/mol. The van der Waals surface area contributed by atoms with Crippen molar-refractivity contribution in [2.24, 2.45) is 5.92 Å². The van der Waals surface area contributed by atoms with Gasteiger partial charge >= 0.3 is 5.97 Å². The molecule has 1 N–H and O–H groups in total. The van der Waals surface area contributed by atoms with Crippen molar-refractivity contribution in [3.63, 3.8) is 0 Å². The number of aromatic nitrogens is 3. The summed E-state index contributed by atoms with van der Waals surface area (Å²) in [5, 5.41) is 14.1. The molecule has 1 heterocycles. The molecule has 0 saturated heterocycles. The van der Waals surface area contributed by atoms with Crippen LogP contribution in [0.5, 0.6) is 0 Å². The fourth-order valence-electron chi connectivity index (χ4n) is 2.22. The molecule has 1 aromatic carbocycles. The van der Waals surface area contributed by atoms with Crippen LogP contribution in [-0.4, -0.2) is 25.8 Å². The van der Waals surface area contributed by atoms with Crippen LogP contribution in [0, 0.1) is 5.92 Å². The zero-order valence-corrected chi connectivity index (χ0v) is 12.8. The lowest BCUT2D eigenvalue weighted by molar-refractivity contribution is -0.138. The van der Waals surface area contributed by atoms with E-state index >= 15 is 0 Å². The molecule has 0 fully saturated rings. The Morgan fingerprint density at radius 1 is 1.38 bits per heavy atom. The quantitative estimate of drug-likeness (QED) is 0.890. The summed E-state index contributed by atoms with van der Waals surface area (Å²) in [6, 6.07) is 7.01. The Balaban J connectivity index is 2.28. The summed E-state index contributed by atoms with van der Waals surface area (Å²) in [5.74, 6) is -0.568. The molecule has 2 rings (SSSR count). The highest BCUT2D eigenvalue weighted by molar-refractivity contribution is 6.31. The summed E-state index contributed by atoms with van der Waals surface area (Å²) in [4.78, 5) is 15.8. The predicted molar refractivity (Wildman–Crippen MR) is 80.4 cm³/mol. The molecule has 5 nitrogen and oxygen atoms in total. The van der Waals surface area contributed by atoms with Crippen LogP contribution in [0.25, 0.3) is 0 Å². The van der Waals surface area contributed by atoms with E-state index in [0.717, 1.165) is 0 Å². The Hall–Kier alpha value is -1.88. The summed E-state index contributed by atoms with van der Waals surface area (Å²) >= 11 is 6.12. The third kappa shape index (κ3) is 3.82. The van der Waals surface area contributed by atoms with Crippen molar-refractivity contribution in [3.05, 3.63) is 47.0 Å². The largest absolute Gasteiger partial charge is 0.481 e. The number of hydrogen-bond donors (Lipinski definition) is 1. The number of rotatable bonds is 6. The molecule has 0 spiro atoms. The number of carboxylic acid groups (broad SMARTS) is 1. The Morgan fingerprint density at radius 3 is 2.71 bits per heavy atom. The number of aliphatic carboxylic acids is 1. The molecule has 0 bridgehead atoms. The van der Waals surface area contributed by atoms with Gasteiger partial charge in [0, 0.05) is 18.0 Å². The zero-order valence-electron chi connectivity index (χ0n) is 12.0. The van der Waals surface area contributed by atoms with Crippen LogP contribution < -0.4 is 0 Å². The SMILES string of the molecule is CC(C)Cn1ncnc1CC(C(=O)O)c1ccccc1Cl. The average Bonchev–Trinajstić information content (AvgIpc) is 2.83. The third-order valence-electron chi connectivity index (χ3n) is 3.20. The second-order valence-electron chi connectivity index (χ2n) is 5.37. The third-order valence-corrected chi connectivity index (χ3v) is 3.54. The average molecular weight is 308 g/mol. The predicted octanol–water partition coefficient (Wildman–Crippen LogP) is 3.00. The first-order valence-corrected chi connectivity index (χ1v) is 7.20. The number of carboxylic acids is 1. The van der Waals surface area contributed by atoms with Gasteiger partial charge in [0.05, 0.1) is 5.92 Å². The lowest BCUT2D eigenvalue weighted by atomic mass is 9.95. The molecule has 0 saturated carbocycles. The van der Waals surface area contributed by atoms with Crippen LogP contribution in [0.4, 0.5) is 0 Å². The highest BCUT2D eigenvalue weighted by Gasteiger charge is 2.25. The standard InChI is InChI=1S/C15H18ClN3O2/c1-10(2)8-19-14(17-9-18-19)7-12(15(20)21)11-5-3-4-6-13(11)16/h3-6,9-10,12H,7-8H2,1-2H3,(H,20,21). The van der Waals surface area contributed by atoms with Gasteiger partial charge in [-0.1, -0.05) is 43.6 Å². The summed E-state index contributed by atoms with van der Waals surface area (Å²) in [6.45, 7) is 4.87. The van der Waals surface area contributed by atoms with Crippen molar-refractivity contribution in [2.45, 2.75) is 32.7 Å². The minimum Gasteiger partial charge on any atom is -0.481 e. The van der Waals surface area contributed by atoms with Gasteiger partial charge in [-0.3, -0.25) is 4.79 Å². The van der Waals surface area contributed by atoms with E-state index < -0.39 is 11.9 Å². The van der Waals surface area contributed by atoms with E-state index in [1.807, 2.05) is 0 Å². The summed E-state index contributed by atoms with van der Waals surface area (Å²) in [6.07, 6.45) is 1.73. The normalized spacial score (nSPS) is 12.6. The zero-order chi connectivity index (χ0) is 15.4. The van der Waals surface area contributed by atoms with Crippen LogP contribution in [-0.2, 0) is 17.8 Å². The van der Waals surface area contributed by atoms with Crippen LogP contribution in [0.15, 0.2) is 30.6 Å². The van der Waals surface area contributed by atoms with Crippen molar-refractivity contribution in [2.75, 3.05) is 0 Å². The van der Waals surface area contributed by atoms with Gasteiger partial charge in [-0.25, -0.2) is 9.67 Å². The Labute approximate surface area is 128 Å². The van der Waals surface area contributed by atoms with Gasteiger partial charge in [-0.05, 0) is 17.5 Å². The number of nitrogens with zero attached hydrogens (tertiary/aromatic N) is 3. The maximum absolute atomic E-state index is 11.6. The van der Waals surface area contributed by atoms with Crippen LogP contribution >= 0.6 is 11.6 Å². The lowest BCUT2D eigenvalue weighted by Crippen LogP contribution is -2.19. The minimum atomic E-state index is -0.915. The van der Waals surface area contributed by atoms with Gasteiger partial charge in [-0.2, -0.15) is 5.10 Å². The number of benzene rings is 1. The van der Waals surface area contributed by atoms with Crippen molar-refractivity contribution >= 4 is 17.6 Å². The van der Waals surface area contributed by atoms with Crippen LogP contribution in [0.2, 0.25) is 5.02 Å². The van der Waals surface area contributed by atoms with E-state index in [9.17, 15) is 9.90 Å². The Kier molecular flexibility index (Phi) is 4.96. The van der Waals surface area contributed by atoms with Gasteiger partial charge in [0.1, 0.15) is 12.2 Å². The fraction of sp³-hybridized carbons (Fsp3) is 0.400. The summed E-state index contributed by atoms with van der Waals surface area (Å²) in [5.41, 5.74) is 0.603. The smallest absolute Gasteiger partial charge is 0.311 e. The molecular formula is C15H18ClN3O2. The highest BCUT2D eigenvalue weighted by atomic mass is 35.5. The topological polar surface area (TPSA) is 68.0 Å². The molecule has 112 valence electrons. The van der Waals surface area contributed by atoms with Gasteiger partial charge in [0.25, 0.3) is 0 Å². The first-order chi connectivity index (χ1) is 9.99. The maximum Gasteiger partial charge on any atom is 0.311 e. The summed E-state index contributed by atoms with van der Waals surface area (Å²) < 4.78 is 1.76. The molecule has 0 aliphatic rings. The number of halogens is 1. The van der Waals surface area contributed by atoms with Crippen molar-refractivity contribution in [1.29, 1.82) is 0 Å². The second-order valence-corrected chi connectivity index (χ2v) is 5.78. The molecule has 1 atom stereocenters. The van der Waals surface area contributed by atoms with E-state index in [4.69, 9.17) is 11.6 Å². The molecule has 0 amide bonds. The molecule has 0 radical (unpaired) electrons. The summed E-state index contributed by atoms with van der Waals surface area (Å²) in [7, 11) is 0. The molecule has 0 aliphatic carbocycles.